The van der Waals surface area contributed by atoms with Crippen molar-refractivity contribution in [1.29, 1.82) is 0 Å². The van der Waals surface area contributed by atoms with E-state index in [1.54, 1.807) is 11.3 Å². The molecule has 0 bridgehead atoms. The monoisotopic (exact) mass is 401 g/mol. The van der Waals surface area contributed by atoms with Crippen LogP contribution in [0.2, 0.25) is 0 Å². The van der Waals surface area contributed by atoms with Crippen molar-refractivity contribution in [3.05, 3.63) is 33.7 Å². The number of rotatable bonds is 7. The Morgan fingerprint density at radius 1 is 1.39 bits per heavy atom. The second kappa shape index (κ2) is 8.05. The van der Waals surface area contributed by atoms with Gasteiger partial charge in [-0.05, 0) is 56.8 Å². The molecule has 1 saturated heterocycles. The molecule has 1 amide bonds. The van der Waals surface area contributed by atoms with Crippen LogP contribution in [0.4, 0.5) is 0 Å². The van der Waals surface area contributed by atoms with Crippen molar-refractivity contribution in [2.75, 3.05) is 19.6 Å². The summed E-state index contributed by atoms with van der Waals surface area (Å²) in [6.07, 6.45) is 3.38. The van der Waals surface area contributed by atoms with Gasteiger partial charge in [0.25, 0.3) is 5.56 Å². The average molecular weight is 402 g/mol. The number of likely N-dealkylation sites (tertiary alicyclic amines) is 1. The second-order valence-corrected chi connectivity index (χ2v) is 8.39. The number of carbonyl (C=O) groups is 1. The van der Waals surface area contributed by atoms with Crippen molar-refractivity contribution in [2.24, 2.45) is 0 Å². The van der Waals surface area contributed by atoms with Gasteiger partial charge in [-0.25, -0.2) is 4.68 Å². The molecule has 4 heterocycles. The third-order valence-corrected chi connectivity index (χ3v) is 6.53. The maximum absolute atomic E-state index is 12.8. The van der Waals surface area contributed by atoms with E-state index >= 15 is 0 Å². The van der Waals surface area contributed by atoms with Gasteiger partial charge in [-0.15, -0.1) is 11.3 Å². The number of fused-ring (bicyclic) bond motifs is 3. The highest BCUT2D eigenvalue weighted by atomic mass is 32.1. The maximum atomic E-state index is 12.8. The van der Waals surface area contributed by atoms with Crippen LogP contribution >= 0.6 is 11.3 Å². The number of aryl methyl sites for hydroxylation is 2. The lowest BCUT2D eigenvalue weighted by molar-refractivity contribution is -0.121. The maximum Gasteiger partial charge on any atom is 0.291 e. The fourth-order valence-corrected chi connectivity index (χ4v) is 5.04. The number of amides is 1. The van der Waals surface area contributed by atoms with E-state index in [2.05, 4.69) is 22.2 Å². The molecule has 8 heteroatoms. The first-order valence-electron chi connectivity index (χ1n) is 10.1. The van der Waals surface area contributed by atoms with Gasteiger partial charge in [-0.3, -0.25) is 18.9 Å². The van der Waals surface area contributed by atoms with Crippen molar-refractivity contribution in [3.8, 4) is 0 Å². The lowest BCUT2D eigenvalue weighted by atomic mass is 10.2. The molecule has 0 spiro atoms. The molecule has 1 N–H and O–H groups in total. The molecule has 0 saturated carbocycles. The lowest BCUT2D eigenvalue weighted by Gasteiger charge is -2.22. The van der Waals surface area contributed by atoms with Crippen molar-refractivity contribution in [3.63, 3.8) is 0 Å². The summed E-state index contributed by atoms with van der Waals surface area (Å²) in [6, 6.07) is 4.41. The van der Waals surface area contributed by atoms with Crippen molar-refractivity contribution >= 4 is 33.0 Å². The molecule has 3 aromatic heterocycles. The number of likely N-dealkylation sites (N-methyl/N-ethyl adjacent to an activating group) is 1. The van der Waals surface area contributed by atoms with Crippen LogP contribution < -0.4 is 10.9 Å². The summed E-state index contributed by atoms with van der Waals surface area (Å²) in [6.45, 7) is 7.41. The Kier molecular flexibility index (Phi) is 5.50. The summed E-state index contributed by atoms with van der Waals surface area (Å²) >= 11 is 1.62. The smallest absolute Gasteiger partial charge is 0.291 e. The molecule has 150 valence electrons. The third kappa shape index (κ3) is 3.58. The van der Waals surface area contributed by atoms with Crippen LogP contribution in [0.25, 0.3) is 15.7 Å². The van der Waals surface area contributed by atoms with Gasteiger partial charge in [-0.2, -0.15) is 5.10 Å². The summed E-state index contributed by atoms with van der Waals surface area (Å²) in [5.41, 5.74) is 1.58. The first-order chi connectivity index (χ1) is 13.6. The Hall–Kier alpha value is -2.19. The number of thiophene rings is 1. The summed E-state index contributed by atoms with van der Waals surface area (Å²) in [7, 11) is 0. The molecule has 1 fully saturated rings. The topological polar surface area (TPSA) is 71.6 Å². The van der Waals surface area contributed by atoms with Crippen LogP contribution in [0.15, 0.2) is 22.3 Å². The molecule has 0 aromatic carbocycles. The molecule has 7 nitrogen and oxygen atoms in total. The number of nitrogens with zero attached hydrogens (tertiary/aromatic N) is 4. The predicted molar refractivity (Wildman–Crippen MR) is 112 cm³/mol. The van der Waals surface area contributed by atoms with E-state index in [4.69, 9.17) is 0 Å². The highest BCUT2D eigenvalue weighted by Gasteiger charge is 2.23. The van der Waals surface area contributed by atoms with E-state index in [0.717, 1.165) is 42.1 Å². The molecule has 1 unspecified atom stereocenters. The van der Waals surface area contributed by atoms with Crippen LogP contribution in [0.3, 0.4) is 0 Å². The SMILES string of the molecule is CCN1CCCC1CNC(=O)CCCn1nc(C)n2c(cc3sccc32)c1=O. The fourth-order valence-electron chi connectivity index (χ4n) is 4.23. The molecule has 3 aromatic rings. The van der Waals surface area contributed by atoms with E-state index in [0.29, 0.717) is 30.9 Å². The number of aromatic nitrogens is 3. The van der Waals surface area contributed by atoms with Crippen molar-refractivity contribution < 1.29 is 4.79 Å². The highest BCUT2D eigenvalue weighted by molar-refractivity contribution is 7.17. The van der Waals surface area contributed by atoms with Gasteiger partial charge in [0.15, 0.2) is 0 Å². The first kappa shape index (κ1) is 19.1. The molecular weight excluding hydrogens is 374 g/mol. The largest absolute Gasteiger partial charge is 0.355 e. The number of carbonyl (C=O) groups excluding carboxylic acids is 1. The van der Waals surface area contributed by atoms with E-state index in [-0.39, 0.29) is 11.5 Å². The predicted octanol–water partition coefficient (Wildman–Crippen LogP) is 2.40. The summed E-state index contributed by atoms with van der Waals surface area (Å²) in [4.78, 5) is 27.4. The zero-order chi connectivity index (χ0) is 19.7. The normalized spacial score (nSPS) is 17.7. The summed E-state index contributed by atoms with van der Waals surface area (Å²) < 4.78 is 4.50. The van der Waals surface area contributed by atoms with Gasteiger partial charge in [-0.1, -0.05) is 6.92 Å². The molecule has 4 rings (SSSR count). The van der Waals surface area contributed by atoms with Crippen LogP contribution in [-0.4, -0.2) is 50.7 Å². The third-order valence-electron chi connectivity index (χ3n) is 5.68. The van der Waals surface area contributed by atoms with E-state index in [1.165, 1.54) is 11.1 Å². The van der Waals surface area contributed by atoms with Crippen molar-refractivity contribution in [2.45, 2.75) is 52.1 Å². The van der Waals surface area contributed by atoms with Gasteiger partial charge in [0, 0.05) is 25.6 Å². The fraction of sp³-hybridized carbons (Fsp3) is 0.550. The van der Waals surface area contributed by atoms with Crippen LogP contribution in [-0.2, 0) is 11.3 Å². The van der Waals surface area contributed by atoms with Gasteiger partial charge >= 0.3 is 0 Å². The highest BCUT2D eigenvalue weighted by Crippen LogP contribution is 2.24. The Bertz CT molecular complexity index is 1050. The minimum absolute atomic E-state index is 0.0528. The van der Waals surface area contributed by atoms with Crippen molar-refractivity contribution in [1.82, 2.24) is 24.4 Å². The molecule has 0 radical (unpaired) electrons. The number of hydrogen-bond donors (Lipinski definition) is 1. The minimum atomic E-state index is -0.0982. The lowest BCUT2D eigenvalue weighted by Crippen LogP contribution is -2.40. The minimum Gasteiger partial charge on any atom is -0.355 e. The van der Waals surface area contributed by atoms with Gasteiger partial charge < -0.3 is 5.32 Å². The average Bonchev–Trinajstić information content (AvgIpc) is 3.38. The Morgan fingerprint density at radius 2 is 2.25 bits per heavy atom. The zero-order valence-corrected chi connectivity index (χ0v) is 17.3. The van der Waals surface area contributed by atoms with Gasteiger partial charge in [0.2, 0.25) is 5.91 Å². The first-order valence-corrected chi connectivity index (χ1v) is 10.9. The number of nitrogens with one attached hydrogen (secondary N) is 1. The Labute approximate surface area is 167 Å². The van der Waals surface area contributed by atoms with Crippen LogP contribution in [0.5, 0.6) is 0 Å². The molecule has 1 aliphatic rings. The summed E-state index contributed by atoms with van der Waals surface area (Å²) in [5, 5.41) is 9.54. The van der Waals surface area contributed by atoms with E-state index in [1.807, 2.05) is 28.8 Å². The van der Waals surface area contributed by atoms with E-state index in [9.17, 15) is 9.59 Å². The Morgan fingerprint density at radius 3 is 3.07 bits per heavy atom. The van der Waals surface area contributed by atoms with E-state index < -0.39 is 0 Å². The second-order valence-electron chi connectivity index (χ2n) is 7.44. The molecule has 1 atom stereocenters. The molecule has 28 heavy (non-hydrogen) atoms. The van der Waals surface area contributed by atoms with Crippen LogP contribution in [0.1, 0.15) is 38.4 Å². The zero-order valence-electron chi connectivity index (χ0n) is 16.5. The molecule has 0 aliphatic carbocycles. The standard InChI is InChI=1S/C20H27N5O2S/c1-3-23-9-4-6-15(23)13-21-19(26)7-5-10-24-20(27)17-12-18-16(8-11-28-18)25(17)14(2)22-24/h8,11-12,15H,3-7,9-10,13H2,1-2H3,(H,21,26). The van der Waals surface area contributed by atoms with Gasteiger partial charge in [0.05, 0.1) is 10.2 Å². The molecule has 1 aliphatic heterocycles. The molecular formula is C20H27N5O2S. The summed E-state index contributed by atoms with van der Waals surface area (Å²) in [5.74, 6) is 0.838. The van der Waals surface area contributed by atoms with Crippen LogP contribution in [0, 0.1) is 6.92 Å². The quantitative estimate of drug-likeness (QED) is 0.660. The van der Waals surface area contributed by atoms with Gasteiger partial charge in [0.1, 0.15) is 11.3 Å². The number of hydrogen-bond acceptors (Lipinski definition) is 5. The Balaban J connectivity index is 1.36.